The zero-order chi connectivity index (χ0) is 12.8. The SMILES string of the molecule is CCC(COC)NCC1OCCc2ccccc21. The van der Waals surface area contributed by atoms with Gasteiger partial charge in [-0.3, -0.25) is 0 Å². The Kier molecular flexibility index (Phi) is 5.17. The Bertz CT molecular complexity index is 367. The molecule has 18 heavy (non-hydrogen) atoms. The van der Waals surface area contributed by atoms with Crippen molar-refractivity contribution in [3.8, 4) is 0 Å². The first-order chi connectivity index (χ1) is 8.85. The third kappa shape index (κ3) is 3.31. The lowest BCUT2D eigenvalue weighted by Crippen LogP contribution is -2.37. The molecule has 0 amide bonds. The van der Waals surface area contributed by atoms with E-state index in [9.17, 15) is 0 Å². The third-order valence-electron chi connectivity index (χ3n) is 3.54. The predicted octanol–water partition coefficient (Wildman–Crippen LogP) is 2.32. The lowest BCUT2D eigenvalue weighted by Gasteiger charge is -2.28. The van der Waals surface area contributed by atoms with Crippen LogP contribution < -0.4 is 5.32 Å². The van der Waals surface area contributed by atoms with Gasteiger partial charge in [0, 0.05) is 19.7 Å². The molecule has 1 aliphatic rings. The predicted molar refractivity (Wildman–Crippen MR) is 72.8 cm³/mol. The minimum atomic E-state index is 0.181. The van der Waals surface area contributed by atoms with E-state index in [0.717, 1.165) is 32.6 Å². The van der Waals surface area contributed by atoms with Gasteiger partial charge >= 0.3 is 0 Å². The summed E-state index contributed by atoms with van der Waals surface area (Å²) in [5, 5.41) is 3.53. The van der Waals surface area contributed by atoms with Gasteiger partial charge in [0.15, 0.2) is 0 Å². The minimum Gasteiger partial charge on any atom is -0.383 e. The van der Waals surface area contributed by atoms with E-state index in [0.29, 0.717) is 6.04 Å². The molecule has 0 fully saturated rings. The molecule has 0 saturated heterocycles. The molecule has 0 saturated carbocycles. The standard InChI is InChI=1S/C15H23NO2/c1-3-13(11-17-2)16-10-15-14-7-5-4-6-12(14)8-9-18-15/h4-7,13,15-16H,3,8-11H2,1-2H3. The van der Waals surface area contributed by atoms with Gasteiger partial charge in [-0.2, -0.15) is 0 Å². The molecule has 2 rings (SSSR count). The van der Waals surface area contributed by atoms with Gasteiger partial charge in [-0.25, -0.2) is 0 Å². The fourth-order valence-corrected chi connectivity index (χ4v) is 2.44. The van der Waals surface area contributed by atoms with Crippen LogP contribution in [-0.2, 0) is 15.9 Å². The molecule has 1 aromatic rings. The molecule has 0 spiro atoms. The second-order valence-corrected chi connectivity index (χ2v) is 4.78. The second-order valence-electron chi connectivity index (χ2n) is 4.78. The summed E-state index contributed by atoms with van der Waals surface area (Å²) in [7, 11) is 1.75. The number of benzene rings is 1. The number of nitrogens with one attached hydrogen (secondary N) is 1. The van der Waals surface area contributed by atoms with Crippen LogP contribution in [0.15, 0.2) is 24.3 Å². The molecule has 1 aromatic carbocycles. The zero-order valence-corrected chi connectivity index (χ0v) is 11.3. The molecule has 1 aliphatic heterocycles. The minimum absolute atomic E-state index is 0.181. The average molecular weight is 249 g/mol. The van der Waals surface area contributed by atoms with Gasteiger partial charge in [-0.15, -0.1) is 0 Å². The molecule has 0 aromatic heterocycles. The first-order valence-corrected chi connectivity index (χ1v) is 6.76. The molecule has 3 nitrogen and oxygen atoms in total. The smallest absolute Gasteiger partial charge is 0.0952 e. The van der Waals surface area contributed by atoms with Crippen molar-refractivity contribution in [3.05, 3.63) is 35.4 Å². The highest BCUT2D eigenvalue weighted by Gasteiger charge is 2.20. The largest absolute Gasteiger partial charge is 0.383 e. The number of methoxy groups -OCH3 is 1. The van der Waals surface area contributed by atoms with Crippen molar-refractivity contribution in [3.63, 3.8) is 0 Å². The van der Waals surface area contributed by atoms with Crippen molar-refractivity contribution < 1.29 is 9.47 Å². The summed E-state index contributed by atoms with van der Waals surface area (Å²) in [5.74, 6) is 0. The summed E-state index contributed by atoms with van der Waals surface area (Å²) >= 11 is 0. The first kappa shape index (κ1) is 13.5. The van der Waals surface area contributed by atoms with E-state index in [1.807, 2.05) is 0 Å². The van der Waals surface area contributed by atoms with Crippen molar-refractivity contribution in [1.82, 2.24) is 5.32 Å². The van der Waals surface area contributed by atoms with Gasteiger partial charge in [0.2, 0.25) is 0 Å². The maximum Gasteiger partial charge on any atom is 0.0952 e. The van der Waals surface area contributed by atoms with Crippen LogP contribution in [0.4, 0.5) is 0 Å². The van der Waals surface area contributed by atoms with E-state index in [1.165, 1.54) is 11.1 Å². The number of fused-ring (bicyclic) bond motifs is 1. The van der Waals surface area contributed by atoms with Crippen molar-refractivity contribution in [1.29, 1.82) is 0 Å². The maximum absolute atomic E-state index is 5.87. The fraction of sp³-hybridized carbons (Fsp3) is 0.600. The highest BCUT2D eigenvalue weighted by Crippen LogP contribution is 2.26. The molecule has 0 radical (unpaired) electrons. The highest BCUT2D eigenvalue weighted by molar-refractivity contribution is 5.31. The summed E-state index contributed by atoms with van der Waals surface area (Å²) < 4.78 is 11.1. The van der Waals surface area contributed by atoms with Crippen molar-refractivity contribution >= 4 is 0 Å². The van der Waals surface area contributed by atoms with Crippen molar-refractivity contribution in [2.24, 2.45) is 0 Å². The number of rotatable bonds is 6. The Labute approximate surface area is 109 Å². The number of hydrogen-bond acceptors (Lipinski definition) is 3. The second kappa shape index (κ2) is 6.88. The van der Waals surface area contributed by atoms with Crippen LogP contribution in [0.1, 0.15) is 30.6 Å². The van der Waals surface area contributed by atoms with E-state index in [2.05, 4.69) is 36.5 Å². The zero-order valence-electron chi connectivity index (χ0n) is 11.3. The first-order valence-electron chi connectivity index (χ1n) is 6.76. The molecule has 0 aliphatic carbocycles. The third-order valence-corrected chi connectivity index (χ3v) is 3.54. The monoisotopic (exact) mass is 249 g/mol. The van der Waals surface area contributed by atoms with Gasteiger partial charge < -0.3 is 14.8 Å². The lowest BCUT2D eigenvalue weighted by molar-refractivity contribution is 0.0377. The Balaban J connectivity index is 1.94. The summed E-state index contributed by atoms with van der Waals surface area (Å²) in [6, 6.07) is 8.99. The molecule has 100 valence electrons. The van der Waals surface area contributed by atoms with Gasteiger partial charge in [0.25, 0.3) is 0 Å². The van der Waals surface area contributed by atoms with Crippen LogP contribution >= 0.6 is 0 Å². The van der Waals surface area contributed by atoms with Gasteiger partial charge in [-0.05, 0) is 24.0 Å². The molecule has 3 heteroatoms. The fourth-order valence-electron chi connectivity index (χ4n) is 2.44. The van der Waals surface area contributed by atoms with Crippen LogP contribution in [0, 0.1) is 0 Å². The van der Waals surface area contributed by atoms with Crippen LogP contribution in [0.2, 0.25) is 0 Å². The molecule has 2 unspecified atom stereocenters. The van der Waals surface area contributed by atoms with Crippen LogP contribution in [-0.4, -0.2) is 32.9 Å². The summed E-state index contributed by atoms with van der Waals surface area (Å²) in [6.07, 6.45) is 2.28. The quantitative estimate of drug-likeness (QED) is 0.839. The van der Waals surface area contributed by atoms with Gasteiger partial charge in [0.1, 0.15) is 0 Å². The molecular formula is C15H23NO2. The normalized spacial score (nSPS) is 20.4. The van der Waals surface area contributed by atoms with E-state index in [-0.39, 0.29) is 6.10 Å². The maximum atomic E-state index is 5.87. The van der Waals surface area contributed by atoms with Crippen LogP contribution in [0.5, 0.6) is 0 Å². The Morgan fingerprint density at radius 3 is 3.06 bits per heavy atom. The topological polar surface area (TPSA) is 30.5 Å². The molecule has 1 N–H and O–H groups in total. The van der Waals surface area contributed by atoms with Crippen LogP contribution in [0.25, 0.3) is 0 Å². The van der Waals surface area contributed by atoms with E-state index in [1.54, 1.807) is 7.11 Å². The van der Waals surface area contributed by atoms with E-state index < -0.39 is 0 Å². The molecular weight excluding hydrogens is 226 g/mol. The Morgan fingerprint density at radius 1 is 1.44 bits per heavy atom. The summed E-state index contributed by atoms with van der Waals surface area (Å²) in [6.45, 7) is 4.61. The van der Waals surface area contributed by atoms with Gasteiger partial charge in [0.05, 0.1) is 19.3 Å². The molecule has 2 atom stereocenters. The highest BCUT2D eigenvalue weighted by atomic mass is 16.5. The number of ether oxygens (including phenoxy) is 2. The molecule has 1 heterocycles. The van der Waals surface area contributed by atoms with E-state index >= 15 is 0 Å². The lowest BCUT2D eigenvalue weighted by atomic mass is 9.97. The van der Waals surface area contributed by atoms with E-state index in [4.69, 9.17) is 9.47 Å². The summed E-state index contributed by atoms with van der Waals surface area (Å²) in [5.41, 5.74) is 2.76. The van der Waals surface area contributed by atoms with Crippen molar-refractivity contribution in [2.45, 2.75) is 31.9 Å². The Hall–Kier alpha value is -0.900. The van der Waals surface area contributed by atoms with Crippen molar-refractivity contribution in [2.75, 3.05) is 26.9 Å². The van der Waals surface area contributed by atoms with Gasteiger partial charge in [-0.1, -0.05) is 31.2 Å². The number of hydrogen-bond donors (Lipinski definition) is 1. The average Bonchev–Trinajstić information content (AvgIpc) is 2.43. The Morgan fingerprint density at radius 2 is 2.28 bits per heavy atom. The van der Waals surface area contributed by atoms with Crippen LogP contribution in [0.3, 0.4) is 0 Å². The molecule has 0 bridgehead atoms. The summed E-state index contributed by atoms with van der Waals surface area (Å²) in [4.78, 5) is 0.